The van der Waals surface area contributed by atoms with E-state index in [2.05, 4.69) is 43.2 Å². The van der Waals surface area contributed by atoms with Gasteiger partial charge in [0.15, 0.2) is 5.65 Å². The monoisotopic (exact) mass is 410 g/mol. The Labute approximate surface area is 179 Å². The summed E-state index contributed by atoms with van der Waals surface area (Å²) in [5.41, 5.74) is 6.78. The van der Waals surface area contributed by atoms with Crippen LogP contribution in [-0.2, 0) is 13.1 Å². The third kappa shape index (κ3) is 3.77. The van der Waals surface area contributed by atoms with Crippen molar-refractivity contribution in [3.63, 3.8) is 0 Å². The highest BCUT2D eigenvalue weighted by atomic mass is 16.5. The molecule has 0 atom stereocenters. The predicted molar refractivity (Wildman–Crippen MR) is 120 cm³/mol. The Balaban J connectivity index is 1.58. The lowest BCUT2D eigenvalue weighted by molar-refractivity contribution is 0.393. The number of benzene rings is 1. The van der Waals surface area contributed by atoms with Crippen LogP contribution in [-0.4, -0.2) is 24.7 Å². The van der Waals surface area contributed by atoms with E-state index in [4.69, 9.17) is 9.51 Å². The molecule has 0 spiro atoms. The average molecular weight is 410 g/mol. The number of nitrogens with one attached hydrogen (secondary N) is 1. The maximum Gasteiger partial charge on any atom is 0.206 e. The Morgan fingerprint density at radius 1 is 1.00 bits per heavy atom. The number of imidazole rings is 1. The lowest BCUT2D eigenvalue weighted by Gasteiger charge is -2.11. The molecule has 0 radical (unpaired) electrons. The summed E-state index contributed by atoms with van der Waals surface area (Å²) in [6, 6.07) is 16.4. The normalized spacial score (nSPS) is 11.2. The fourth-order valence-corrected chi connectivity index (χ4v) is 3.78. The van der Waals surface area contributed by atoms with Crippen LogP contribution < -0.4 is 5.32 Å². The molecule has 154 valence electrons. The van der Waals surface area contributed by atoms with Crippen LogP contribution in [0.15, 0.2) is 71.6 Å². The summed E-state index contributed by atoms with van der Waals surface area (Å²) in [6.07, 6.45) is 5.42. The Hall–Kier alpha value is -4.00. The Morgan fingerprint density at radius 2 is 1.81 bits per heavy atom. The zero-order valence-corrected chi connectivity index (χ0v) is 17.4. The van der Waals surface area contributed by atoms with Gasteiger partial charge >= 0.3 is 0 Å². The lowest BCUT2D eigenvalue weighted by atomic mass is 10.1. The van der Waals surface area contributed by atoms with Gasteiger partial charge in [-0.3, -0.25) is 4.98 Å². The van der Waals surface area contributed by atoms with Crippen LogP contribution in [0.25, 0.3) is 22.3 Å². The minimum absolute atomic E-state index is 0.650. The van der Waals surface area contributed by atoms with Crippen LogP contribution in [0.2, 0.25) is 0 Å². The number of nitrogens with zero attached hydrogens (tertiary/aromatic N) is 5. The third-order valence-corrected chi connectivity index (χ3v) is 5.31. The second-order valence-corrected chi connectivity index (χ2v) is 7.48. The molecule has 31 heavy (non-hydrogen) atoms. The van der Waals surface area contributed by atoms with Crippen LogP contribution in [0.4, 0.5) is 5.95 Å². The fourth-order valence-electron chi connectivity index (χ4n) is 3.78. The molecule has 1 N–H and O–H groups in total. The van der Waals surface area contributed by atoms with Crippen LogP contribution >= 0.6 is 0 Å². The smallest absolute Gasteiger partial charge is 0.206 e. The first-order chi connectivity index (χ1) is 15.2. The van der Waals surface area contributed by atoms with Crippen LogP contribution in [0.3, 0.4) is 0 Å². The molecule has 4 aromatic heterocycles. The highest BCUT2D eigenvalue weighted by Crippen LogP contribution is 2.30. The largest absolute Gasteiger partial charge is 0.361 e. The van der Waals surface area contributed by atoms with Crippen molar-refractivity contribution >= 4 is 17.1 Å². The van der Waals surface area contributed by atoms with E-state index in [1.807, 2.05) is 50.4 Å². The summed E-state index contributed by atoms with van der Waals surface area (Å²) in [4.78, 5) is 13.5. The first-order valence-corrected chi connectivity index (χ1v) is 10.2. The first-order valence-electron chi connectivity index (χ1n) is 10.2. The number of rotatable bonds is 6. The predicted octanol–water partition coefficient (Wildman–Crippen LogP) is 4.76. The summed E-state index contributed by atoms with van der Waals surface area (Å²) in [5.74, 6) is 1.56. The number of aromatic nitrogens is 5. The van der Waals surface area contributed by atoms with Crippen molar-refractivity contribution in [3.8, 4) is 11.1 Å². The Morgan fingerprint density at radius 3 is 2.55 bits per heavy atom. The van der Waals surface area contributed by atoms with Crippen molar-refractivity contribution < 1.29 is 4.52 Å². The van der Waals surface area contributed by atoms with Gasteiger partial charge in [-0.15, -0.1) is 0 Å². The SMILES string of the molecule is Cc1noc(C)c1-c1cnc2nc(NCc3ccncc3)n(Cc3ccccc3)c2c1. The molecule has 0 amide bonds. The standard InChI is InChI=1S/C24H22N6O/c1-16-22(17(2)31-29-16)20-12-21-23(26-14-20)28-24(27-13-18-8-10-25-11-9-18)30(21)15-19-6-4-3-5-7-19/h3-12,14H,13,15H2,1-2H3,(H,26,27,28). The van der Waals surface area contributed by atoms with Crippen molar-refractivity contribution in [2.45, 2.75) is 26.9 Å². The van der Waals surface area contributed by atoms with Crippen LogP contribution in [0.5, 0.6) is 0 Å². The number of hydrogen-bond donors (Lipinski definition) is 1. The van der Waals surface area contributed by atoms with Crippen molar-refractivity contribution in [1.29, 1.82) is 0 Å². The number of anilines is 1. The highest BCUT2D eigenvalue weighted by Gasteiger charge is 2.17. The van der Waals surface area contributed by atoms with Gasteiger partial charge in [0.25, 0.3) is 0 Å². The molecule has 0 aliphatic rings. The summed E-state index contributed by atoms with van der Waals surface area (Å²) in [5, 5.41) is 7.56. The average Bonchev–Trinajstić information content (AvgIpc) is 3.32. The number of pyridine rings is 2. The highest BCUT2D eigenvalue weighted by molar-refractivity contribution is 5.81. The molecule has 7 nitrogen and oxygen atoms in total. The van der Waals surface area contributed by atoms with Crippen molar-refractivity contribution in [3.05, 3.63) is 89.7 Å². The molecule has 5 aromatic rings. The van der Waals surface area contributed by atoms with Gasteiger partial charge in [-0.1, -0.05) is 35.5 Å². The topological polar surface area (TPSA) is 81.7 Å². The van der Waals surface area contributed by atoms with Crippen molar-refractivity contribution in [1.82, 2.24) is 24.7 Å². The molecule has 0 aliphatic carbocycles. The number of fused-ring (bicyclic) bond motifs is 1. The molecule has 0 unspecified atom stereocenters. The Bertz CT molecular complexity index is 1310. The van der Waals surface area contributed by atoms with Gasteiger partial charge in [-0.05, 0) is 43.2 Å². The number of aryl methyl sites for hydroxylation is 2. The van der Waals surface area contributed by atoms with Gasteiger partial charge < -0.3 is 14.4 Å². The second-order valence-electron chi connectivity index (χ2n) is 7.48. The van der Waals surface area contributed by atoms with E-state index in [9.17, 15) is 0 Å². The van der Waals surface area contributed by atoms with E-state index >= 15 is 0 Å². The quantitative estimate of drug-likeness (QED) is 0.435. The molecule has 0 aliphatic heterocycles. The third-order valence-electron chi connectivity index (χ3n) is 5.31. The van der Waals surface area contributed by atoms with E-state index in [0.29, 0.717) is 18.7 Å². The Kier molecular flexibility index (Phi) is 4.92. The van der Waals surface area contributed by atoms with Crippen LogP contribution in [0.1, 0.15) is 22.6 Å². The molecule has 0 bridgehead atoms. The van der Waals surface area contributed by atoms with Gasteiger partial charge in [0.1, 0.15) is 5.76 Å². The molecule has 4 heterocycles. The van der Waals surface area contributed by atoms with E-state index in [1.54, 1.807) is 12.4 Å². The second kappa shape index (κ2) is 8.02. The van der Waals surface area contributed by atoms with E-state index in [0.717, 1.165) is 39.6 Å². The maximum absolute atomic E-state index is 5.36. The van der Waals surface area contributed by atoms with Crippen molar-refractivity contribution in [2.24, 2.45) is 0 Å². The zero-order valence-electron chi connectivity index (χ0n) is 17.4. The first kappa shape index (κ1) is 19.0. The molecule has 0 saturated carbocycles. The molecule has 5 rings (SSSR count). The summed E-state index contributed by atoms with van der Waals surface area (Å²) < 4.78 is 7.53. The molecule has 0 saturated heterocycles. The fraction of sp³-hybridized carbons (Fsp3) is 0.167. The molecular formula is C24H22N6O. The van der Waals surface area contributed by atoms with Gasteiger partial charge in [0, 0.05) is 36.3 Å². The van der Waals surface area contributed by atoms with Crippen molar-refractivity contribution in [2.75, 3.05) is 5.32 Å². The van der Waals surface area contributed by atoms with E-state index < -0.39 is 0 Å². The van der Waals surface area contributed by atoms with E-state index in [-0.39, 0.29) is 0 Å². The number of hydrogen-bond acceptors (Lipinski definition) is 6. The van der Waals surface area contributed by atoms with Gasteiger partial charge in [0.2, 0.25) is 5.95 Å². The summed E-state index contributed by atoms with van der Waals surface area (Å²) in [7, 11) is 0. The molecular weight excluding hydrogens is 388 g/mol. The zero-order chi connectivity index (χ0) is 21.2. The maximum atomic E-state index is 5.36. The van der Waals surface area contributed by atoms with Gasteiger partial charge in [-0.2, -0.15) is 4.98 Å². The minimum Gasteiger partial charge on any atom is -0.361 e. The molecule has 0 fully saturated rings. The summed E-state index contributed by atoms with van der Waals surface area (Å²) >= 11 is 0. The molecule has 7 heteroatoms. The van der Waals surface area contributed by atoms with Gasteiger partial charge in [0.05, 0.1) is 17.8 Å². The lowest BCUT2D eigenvalue weighted by Crippen LogP contribution is -2.08. The minimum atomic E-state index is 0.650. The van der Waals surface area contributed by atoms with Crippen LogP contribution in [0, 0.1) is 13.8 Å². The summed E-state index contributed by atoms with van der Waals surface area (Å²) in [6.45, 7) is 5.20. The van der Waals surface area contributed by atoms with Gasteiger partial charge in [-0.25, -0.2) is 4.98 Å². The van der Waals surface area contributed by atoms with E-state index in [1.165, 1.54) is 5.56 Å². The molecule has 1 aromatic carbocycles.